The molecule has 1 aliphatic rings. The molecule has 6 heteroatoms. The first-order valence-corrected chi connectivity index (χ1v) is 7.44. The van der Waals surface area contributed by atoms with Gasteiger partial charge >= 0.3 is 0 Å². The van der Waals surface area contributed by atoms with Gasteiger partial charge in [0, 0.05) is 12.5 Å². The molecule has 0 aromatic heterocycles. The van der Waals surface area contributed by atoms with E-state index in [0.29, 0.717) is 6.54 Å². The summed E-state index contributed by atoms with van der Waals surface area (Å²) in [6.07, 6.45) is 6.04. The van der Waals surface area contributed by atoms with Crippen LogP contribution in [-0.2, 0) is 14.4 Å². The van der Waals surface area contributed by atoms with Crippen molar-refractivity contribution >= 4 is 17.7 Å². The maximum Gasteiger partial charge on any atom is 0.239 e. The fourth-order valence-electron chi connectivity index (χ4n) is 2.24. The van der Waals surface area contributed by atoms with E-state index in [1.807, 2.05) is 6.92 Å². The molecule has 0 atom stereocenters. The highest BCUT2D eigenvalue weighted by Gasteiger charge is 2.21. The van der Waals surface area contributed by atoms with Crippen molar-refractivity contribution in [3.05, 3.63) is 0 Å². The smallest absolute Gasteiger partial charge is 0.239 e. The summed E-state index contributed by atoms with van der Waals surface area (Å²) >= 11 is 0. The first-order valence-electron chi connectivity index (χ1n) is 7.44. The molecule has 0 bridgehead atoms. The highest BCUT2D eigenvalue weighted by Crippen LogP contribution is 2.23. The van der Waals surface area contributed by atoms with E-state index in [1.165, 1.54) is 6.42 Å². The van der Waals surface area contributed by atoms with Crippen LogP contribution >= 0.6 is 0 Å². The Morgan fingerprint density at radius 1 is 0.900 bits per heavy atom. The van der Waals surface area contributed by atoms with Gasteiger partial charge < -0.3 is 16.0 Å². The molecule has 20 heavy (non-hydrogen) atoms. The molecule has 0 heterocycles. The van der Waals surface area contributed by atoms with Crippen LogP contribution in [0.4, 0.5) is 0 Å². The molecule has 3 N–H and O–H groups in total. The topological polar surface area (TPSA) is 87.3 Å². The molecule has 0 radical (unpaired) electrons. The van der Waals surface area contributed by atoms with Crippen LogP contribution in [-0.4, -0.2) is 37.4 Å². The Hall–Kier alpha value is -1.59. The summed E-state index contributed by atoms with van der Waals surface area (Å²) in [4.78, 5) is 34.6. The predicted molar refractivity (Wildman–Crippen MR) is 75.9 cm³/mol. The van der Waals surface area contributed by atoms with E-state index in [0.717, 1.165) is 32.1 Å². The summed E-state index contributed by atoms with van der Waals surface area (Å²) in [7, 11) is 0. The standard InChI is InChI=1S/C14H25N3O3/c1-2-8-15-12(18)9-16-13(19)10-17-14(20)11-6-4-3-5-7-11/h11H,2-10H2,1H3,(H,15,18)(H,16,19)(H,17,20). The zero-order chi connectivity index (χ0) is 14.8. The quantitative estimate of drug-likeness (QED) is 0.629. The molecule has 0 aliphatic heterocycles. The van der Waals surface area contributed by atoms with Gasteiger partial charge in [-0.25, -0.2) is 0 Å². The zero-order valence-corrected chi connectivity index (χ0v) is 12.2. The summed E-state index contributed by atoms with van der Waals surface area (Å²) in [5.74, 6) is -0.542. The number of hydrogen-bond acceptors (Lipinski definition) is 3. The third-order valence-electron chi connectivity index (χ3n) is 3.42. The van der Waals surface area contributed by atoms with Gasteiger partial charge in [-0.1, -0.05) is 26.2 Å². The number of amides is 3. The summed E-state index contributed by atoms with van der Waals surface area (Å²) in [6, 6.07) is 0. The van der Waals surface area contributed by atoms with Gasteiger partial charge in [-0.2, -0.15) is 0 Å². The lowest BCUT2D eigenvalue weighted by molar-refractivity contribution is -0.129. The largest absolute Gasteiger partial charge is 0.355 e. The van der Waals surface area contributed by atoms with Crippen LogP contribution in [0.15, 0.2) is 0 Å². The van der Waals surface area contributed by atoms with Crippen LogP contribution in [0.25, 0.3) is 0 Å². The van der Waals surface area contributed by atoms with Gasteiger partial charge in [0.05, 0.1) is 13.1 Å². The molecule has 0 aromatic rings. The summed E-state index contributed by atoms with van der Waals surface area (Å²) in [5, 5.41) is 7.78. The average molecular weight is 283 g/mol. The number of carbonyl (C=O) groups excluding carboxylic acids is 3. The predicted octanol–water partition coefficient (Wildman–Crippen LogP) is 0.325. The molecule has 1 rings (SSSR count). The Labute approximate surface area is 120 Å². The van der Waals surface area contributed by atoms with Gasteiger partial charge in [-0.15, -0.1) is 0 Å². The molecule has 1 saturated carbocycles. The minimum atomic E-state index is -0.333. The Morgan fingerprint density at radius 2 is 1.50 bits per heavy atom. The second kappa shape index (κ2) is 9.34. The van der Waals surface area contributed by atoms with Crippen molar-refractivity contribution in [2.45, 2.75) is 45.4 Å². The molecule has 1 fully saturated rings. The fourth-order valence-corrected chi connectivity index (χ4v) is 2.24. The van der Waals surface area contributed by atoms with Crippen LogP contribution in [0, 0.1) is 5.92 Å². The molecule has 114 valence electrons. The monoisotopic (exact) mass is 283 g/mol. The lowest BCUT2D eigenvalue weighted by Gasteiger charge is -2.20. The van der Waals surface area contributed by atoms with E-state index in [-0.39, 0.29) is 36.7 Å². The van der Waals surface area contributed by atoms with Crippen LogP contribution in [0.1, 0.15) is 45.4 Å². The van der Waals surface area contributed by atoms with Crippen molar-refractivity contribution in [1.82, 2.24) is 16.0 Å². The third kappa shape index (κ3) is 6.54. The van der Waals surface area contributed by atoms with Crippen molar-refractivity contribution in [3.63, 3.8) is 0 Å². The first-order chi connectivity index (χ1) is 9.63. The van der Waals surface area contributed by atoms with Gasteiger partial charge in [-0.3, -0.25) is 14.4 Å². The highest BCUT2D eigenvalue weighted by molar-refractivity contribution is 5.88. The lowest BCUT2D eigenvalue weighted by atomic mass is 9.89. The van der Waals surface area contributed by atoms with Crippen LogP contribution in [0.3, 0.4) is 0 Å². The Bertz CT molecular complexity index is 339. The third-order valence-corrected chi connectivity index (χ3v) is 3.42. The van der Waals surface area contributed by atoms with E-state index in [1.54, 1.807) is 0 Å². The summed E-state index contributed by atoms with van der Waals surface area (Å²) in [5.41, 5.74) is 0. The molecule has 0 spiro atoms. The minimum absolute atomic E-state index is 0.0435. The summed E-state index contributed by atoms with van der Waals surface area (Å²) < 4.78 is 0. The minimum Gasteiger partial charge on any atom is -0.355 e. The number of rotatable bonds is 7. The van der Waals surface area contributed by atoms with Crippen molar-refractivity contribution in [1.29, 1.82) is 0 Å². The molecule has 6 nitrogen and oxygen atoms in total. The van der Waals surface area contributed by atoms with Gasteiger partial charge in [0.1, 0.15) is 0 Å². The Balaban J connectivity index is 2.12. The molecule has 0 unspecified atom stereocenters. The molecular formula is C14H25N3O3. The van der Waals surface area contributed by atoms with Gasteiger partial charge in [-0.05, 0) is 19.3 Å². The van der Waals surface area contributed by atoms with Crippen LogP contribution < -0.4 is 16.0 Å². The molecule has 3 amide bonds. The lowest BCUT2D eigenvalue weighted by Crippen LogP contribution is -2.43. The van der Waals surface area contributed by atoms with E-state index < -0.39 is 0 Å². The second-order valence-electron chi connectivity index (χ2n) is 5.18. The Morgan fingerprint density at radius 3 is 2.15 bits per heavy atom. The fraction of sp³-hybridized carbons (Fsp3) is 0.786. The van der Waals surface area contributed by atoms with Crippen molar-refractivity contribution in [2.24, 2.45) is 5.92 Å². The molecular weight excluding hydrogens is 258 g/mol. The highest BCUT2D eigenvalue weighted by atomic mass is 16.2. The number of nitrogens with one attached hydrogen (secondary N) is 3. The second-order valence-corrected chi connectivity index (χ2v) is 5.18. The SMILES string of the molecule is CCCNC(=O)CNC(=O)CNC(=O)C1CCCCC1. The van der Waals surface area contributed by atoms with E-state index in [4.69, 9.17) is 0 Å². The van der Waals surface area contributed by atoms with Crippen molar-refractivity contribution in [2.75, 3.05) is 19.6 Å². The van der Waals surface area contributed by atoms with Crippen LogP contribution in [0.2, 0.25) is 0 Å². The van der Waals surface area contributed by atoms with Crippen molar-refractivity contribution < 1.29 is 14.4 Å². The van der Waals surface area contributed by atoms with E-state index in [2.05, 4.69) is 16.0 Å². The van der Waals surface area contributed by atoms with E-state index >= 15 is 0 Å². The van der Waals surface area contributed by atoms with E-state index in [9.17, 15) is 14.4 Å². The molecule has 0 saturated heterocycles. The average Bonchev–Trinajstić information content (AvgIpc) is 2.49. The van der Waals surface area contributed by atoms with Gasteiger partial charge in [0.15, 0.2) is 0 Å². The molecule has 1 aliphatic carbocycles. The van der Waals surface area contributed by atoms with Gasteiger partial charge in [0.25, 0.3) is 0 Å². The normalized spacial score (nSPS) is 15.4. The summed E-state index contributed by atoms with van der Waals surface area (Å²) in [6.45, 7) is 2.46. The van der Waals surface area contributed by atoms with Gasteiger partial charge in [0.2, 0.25) is 17.7 Å². The molecule has 0 aromatic carbocycles. The van der Waals surface area contributed by atoms with Crippen LogP contribution in [0.5, 0.6) is 0 Å². The van der Waals surface area contributed by atoms with Crippen molar-refractivity contribution in [3.8, 4) is 0 Å². The maximum absolute atomic E-state index is 11.8. The number of carbonyl (C=O) groups is 3. The zero-order valence-electron chi connectivity index (χ0n) is 12.2. The maximum atomic E-state index is 11.8. The number of hydrogen-bond donors (Lipinski definition) is 3. The Kier molecular flexibility index (Phi) is 7.69. The first kappa shape index (κ1) is 16.5.